The molecule has 1 aromatic heterocycles. The number of anilines is 2. The summed E-state index contributed by atoms with van der Waals surface area (Å²) >= 11 is 11.9. The standard InChI is InChI=1S/C14H10Cl2N4O/c15-9-5-7(6-10(16)12(9)17)18-14(21)13-8-3-1-2-4-11(8)19-20-13/h1-6H,17H2,(H,18,21)(H,19,20). The van der Waals surface area contributed by atoms with Crippen molar-refractivity contribution in [1.82, 2.24) is 10.2 Å². The van der Waals surface area contributed by atoms with E-state index in [0.29, 0.717) is 11.4 Å². The highest BCUT2D eigenvalue weighted by atomic mass is 35.5. The number of nitrogen functional groups attached to an aromatic ring is 1. The molecule has 5 nitrogen and oxygen atoms in total. The molecule has 1 heterocycles. The normalized spacial score (nSPS) is 10.8. The number of nitrogens with one attached hydrogen (secondary N) is 2. The predicted molar refractivity (Wildman–Crippen MR) is 84.9 cm³/mol. The number of H-pyrrole nitrogens is 1. The molecule has 0 fully saturated rings. The molecule has 21 heavy (non-hydrogen) atoms. The largest absolute Gasteiger partial charge is 0.396 e. The number of hydrogen-bond acceptors (Lipinski definition) is 3. The van der Waals surface area contributed by atoms with Gasteiger partial charge in [-0.2, -0.15) is 5.10 Å². The van der Waals surface area contributed by atoms with Gasteiger partial charge in [-0.05, 0) is 18.2 Å². The number of nitrogens with two attached hydrogens (primary N) is 1. The first-order valence-electron chi connectivity index (χ1n) is 6.05. The van der Waals surface area contributed by atoms with Crippen LogP contribution in [0.1, 0.15) is 10.5 Å². The zero-order chi connectivity index (χ0) is 15.0. The first kappa shape index (κ1) is 13.7. The van der Waals surface area contributed by atoms with Crippen LogP contribution in [0.3, 0.4) is 0 Å². The number of nitrogens with zero attached hydrogens (tertiary/aromatic N) is 1. The van der Waals surface area contributed by atoms with Gasteiger partial charge in [0.2, 0.25) is 0 Å². The quantitative estimate of drug-likeness (QED) is 0.629. The molecule has 0 radical (unpaired) electrons. The van der Waals surface area contributed by atoms with E-state index in [1.807, 2.05) is 24.3 Å². The maximum Gasteiger partial charge on any atom is 0.276 e. The molecule has 2 aromatic carbocycles. The van der Waals surface area contributed by atoms with Gasteiger partial charge < -0.3 is 11.1 Å². The lowest BCUT2D eigenvalue weighted by Crippen LogP contribution is -2.13. The van der Waals surface area contributed by atoms with Gasteiger partial charge in [0.05, 0.1) is 21.2 Å². The van der Waals surface area contributed by atoms with Crippen LogP contribution in [0.2, 0.25) is 10.0 Å². The number of amides is 1. The third kappa shape index (κ3) is 2.53. The second-order valence-electron chi connectivity index (χ2n) is 4.43. The molecular weight excluding hydrogens is 311 g/mol. The second-order valence-corrected chi connectivity index (χ2v) is 5.24. The number of aromatic nitrogens is 2. The molecule has 0 aliphatic carbocycles. The number of benzene rings is 2. The van der Waals surface area contributed by atoms with Crippen LogP contribution in [-0.2, 0) is 0 Å². The van der Waals surface area contributed by atoms with E-state index < -0.39 is 0 Å². The molecular formula is C14H10Cl2N4O. The van der Waals surface area contributed by atoms with Gasteiger partial charge in [0.15, 0.2) is 5.69 Å². The summed E-state index contributed by atoms with van der Waals surface area (Å²) in [5.74, 6) is -0.357. The second kappa shape index (κ2) is 5.27. The van der Waals surface area contributed by atoms with E-state index in [9.17, 15) is 4.79 Å². The minimum Gasteiger partial charge on any atom is -0.396 e. The summed E-state index contributed by atoms with van der Waals surface area (Å²) in [6, 6.07) is 10.4. The van der Waals surface area contributed by atoms with Crippen molar-refractivity contribution in [2.75, 3.05) is 11.1 Å². The van der Waals surface area contributed by atoms with Gasteiger partial charge in [0.25, 0.3) is 5.91 Å². The van der Waals surface area contributed by atoms with Crippen molar-refractivity contribution in [3.63, 3.8) is 0 Å². The number of carbonyl (C=O) groups is 1. The van der Waals surface area contributed by atoms with Crippen molar-refractivity contribution in [2.45, 2.75) is 0 Å². The Kier molecular flexibility index (Phi) is 3.45. The Morgan fingerprint density at radius 2 is 1.86 bits per heavy atom. The first-order valence-corrected chi connectivity index (χ1v) is 6.81. The van der Waals surface area contributed by atoms with Gasteiger partial charge in [-0.15, -0.1) is 0 Å². The van der Waals surface area contributed by atoms with Gasteiger partial charge in [0, 0.05) is 11.1 Å². The maximum absolute atomic E-state index is 12.3. The third-order valence-electron chi connectivity index (χ3n) is 3.02. The average molecular weight is 321 g/mol. The number of aromatic amines is 1. The molecule has 7 heteroatoms. The molecule has 0 atom stereocenters. The zero-order valence-corrected chi connectivity index (χ0v) is 12.2. The van der Waals surface area contributed by atoms with Crippen LogP contribution in [0, 0.1) is 0 Å². The summed E-state index contributed by atoms with van der Waals surface area (Å²) in [6.45, 7) is 0. The van der Waals surface area contributed by atoms with E-state index >= 15 is 0 Å². The molecule has 106 valence electrons. The highest BCUT2D eigenvalue weighted by molar-refractivity contribution is 6.39. The van der Waals surface area contributed by atoms with Crippen LogP contribution >= 0.6 is 23.2 Å². The first-order chi connectivity index (χ1) is 10.1. The van der Waals surface area contributed by atoms with Crippen LogP contribution in [-0.4, -0.2) is 16.1 Å². The highest BCUT2D eigenvalue weighted by Gasteiger charge is 2.15. The Balaban J connectivity index is 1.93. The Hall–Kier alpha value is -2.24. The molecule has 0 spiro atoms. The zero-order valence-electron chi connectivity index (χ0n) is 10.7. The van der Waals surface area contributed by atoms with E-state index in [2.05, 4.69) is 15.5 Å². The molecule has 0 aliphatic rings. The van der Waals surface area contributed by atoms with Crippen molar-refractivity contribution >= 4 is 51.4 Å². The molecule has 0 aliphatic heterocycles. The van der Waals surface area contributed by atoms with Crippen molar-refractivity contribution in [2.24, 2.45) is 0 Å². The van der Waals surface area contributed by atoms with Gasteiger partial charge in [-0.1, -0.05) is 41.4 Å². The molecule has 3 aromatic rings. The third-order valence-corrected chi connectivity index (χ3v) is 3.65. The lowest BCUT2D eigenvalue weighted by atomic mass is 10.2. The van der Waals surface area contributed by atoms with E-state index in [1.165, 1.54) is 12.1 Å². The average Bonchev–Trinajstić information content (AvgIpc) is 2.88. The fourth-order valence-corrected chi connectivity index (χ4v) is 2.47. The molecule has 3 rings (SSSR count). The summed E-state index contributed by atoms with van der Waals surface area (Å²) in [6.07, 6.45) is 0. The monoisotopic (exact) mass is 320 g/mol. The Bertz CT molecular complexity index is 821. The molecule has 4 N–H and O–H groups in total. The fraction of sp³-hybridized carbons (Fsp3) is 0. The van der Waals surface area contributed by atoms with Crippen LogP contribution in [0.25, 0.3) is 10.9 Å². The Morgan fingerprint density at radius 1 is 1.19 bits per heavy atom. The summed E-state index contributed by atoms with van der Waals surface area (Å²) in [4.78, 5) is 12.3. The Morgan fingerprint density at radius 3 is 2.57 bits per heavy atom. The molecule has 0 saturated heterocycles. The minimum atomic E-state index is -0.357. The van der Waals surface area contributed by atoms with E-state index in [0.717, 1.165) is 10.9 Å². The molecule has 0 unspecified atom stereocenters. The van der Waals surface area contributed by atoms with Crippen LogP contribution < -0.4 is 11.1 Å². The SMILES string of the molecule is Nc1c(Cl)cc(NC(=O)c2n[nH]c3ccccc23)cc1Cl. The Labute approximate surface area is 130 Å². The van der Waals surface area contributed by atoms with Crippen LogP contribution in [0.5, 0.6) is 0 Å². The summed E-state index contributed by atoms with van der Waals surface area (Å²) in [5, 5.41) is 10.8. The maximum atomic E-state index is 12.3. The topological polar surface area (TPSA) is 83.8 Å². The van der Waals surface area contributed by atoms with Crippen molar-refractivity contribution in [1.29, 1.82) is 0 Å². The minimum absolute atomic E-state index is 0.279. The predicted octanol–water partition coefficient (Wildman–Crippen LogP) is 3.70. The van der Waals surface area contributed by atoms with Crippen LogP contribution in [0.15, 0.2) is 36.4 Å². The van der Waals surface area contributed by atoms with Gasteiger partial charge in [0.1, 0.15) is 0 Å². The number of halogens is 2. The number of hydrogen-bond donors (Lipinski definition) is 3. The van der Waals surface area contributed by atoms with Crippen molar-refractivity contribution in [3.8, 4) is 0 Å². The van der Waals surface area contributed by atoms with E-state index in [-0.39, 0.29) is 21.6 Å². The number of carbonyl (C=O) groups excluding carboxylic acids is 1. The number of fused-ring (bicyclic) bond motifs is 1. The van der Waals surface area contributed by atoms with Crippen molar-refractivity contribution < 1.29 is 4.79 Å². The van der Waals surface area contributed by atoms with Crippen LogP contribution in [0.4, 0.5) is 11.4 Å². The molecule has 0 saturated carbocycles. The van der Waals surface area contributed by atoms with E-state index in [4.69, 9.17) is 28.9 Å². The summed E-state index contributed by atoms with van der Waals surface area (Å²) in [7, 11) is 0. The molecule has 1 amide bonds. The van der Waals surface area contributed by atoms with E-state index in [1.54, 1.807) is 0 Å². The summed E-state index contributed by atoms with van der Waals surface area (Å²) in [5.41, 5.74) is 7.48. The lowest BCUT2D eigenvalue weighted by Gasteiger charge is -2.07. The number of rotatable bonds is 2. The number of para-hydroxylation sites is 1. The smallest absolute Gasteiger partial charge is 0.276 e. The van der Waals surface area contributed by atoms with Gasteiger partial charge in [-0.3, -0.25) is 9.89 Å². The van der Waals surface area contributed by atoms with Crippen molar-refractivity contribution in [3.05, 3.63) is 52.1 Å². The molecule has 0 bridgehead atoms. The van der Waals surface area contributed by atoms with Gasteiger partial charge >= 0.3 is 0 Å². The highest BCUT2D eigenvalue weighted by Crippen LogP contribution is 2.31. The fourth-order valence-electron chi connectivity index (χ4n) is 1.98. The summed E-state index contributed by atoms with van der Waals surface area (Å²) < 4.78 is 0. The van der Waals surface area contributed by atoms with Gasteiger partial charge in [-0.25, -0.2) is 0 Å². The lowest BCUT2D eigenvalue weighted by molar-refractivity contribution is 0.102.